The number of hydrogen-bond acceptors (Lipinski definition) is 1. The van der Waals surface area contributed by atoms with Crippen LogP contribution in [0.4, 0.5) is 0 Å². The van der Waals surface area contributed by atoms with Gasteiger partial charge in [0.1, 0.15) is 0 Å². The maximum atomic E-state index is 11.1. The van der Waals surface area contributed by atoms with Gasteiger partial charge in [-0.15, -0.1) is 0 Å². The lowest BCUT2D eigenvalue weighted by Crippen LogP contribution is -1.95. The van der Waals surface area contributed by atoms with E-state index in [1.807, 2.05) is 48.5 Å². The average Bonchev–Trinajstić information content (AvgIpc) is 2.47. The number of carboxylic acids is 1. The first-order chi connectivity index (χ1) is 9.65. The monoisotopic (exact) mass is 282 g/mol. The molecule has 0 radical (unpaired) electrons. The van der Waals surface area contributed by atoms with E-state index in [1.165, 1.54) is 0 Å². The number of hydrogen-bond donors (Lipinski definition) is 1. The van der Waals surface area contributed by atoms with Crippen molar-refractivity contribution >= 4 is 28.3 Å². The molecule has 0 aromatic heterocycles. The van der Waals surface area contributed by atoms with Crippen molar-refractivity contribution in [3.8, 4) is 11.1 Å². The summed E-state index contributed by atoms with van der Waals surface area (Å²) in [6.07, 6.45) is 0. The van der Waals surface area contributed by atoms with Crippen LogP contribution >= 0.6 is 11.6 Å². The minimum atomic E-state index is -0.919. The summed E-state index contributed by atoms with van der Waals surface area (Å²) < 4.78 is 0. The van der Waals surface area contributed by atoms with E-state index in [4.69, 9.17) is 16.7 Å². The molecule has 0 aliphatic carbocycles. The summed E-state index contributed by atoms with van der Waals surface area (Å²) in [5, 5.41) is 11.7. The first-order valence-electron chi connectivity index (χ1n) is 6.17. The van der Waals surface area contributed by atoms with Crippen molar-refractivity contribution in [2.45, 2.75) is 0 Å². The van der Waals surface area contributed by atoms with Gasteiger partial charge in [-0.25, -0.2) is 4.79 Å². The van der Waals surface area contributed by atoms with E-state index in [9.17, 15) is 4.79 Å². The number of fused-ring (bicyclic) bond motifs is 1. The van der Waals surface area contributed by atoms with Crippen LogP contribution in [-0.4, -0.2) is 11.1 Å². The van der Waals surface area contributed by atoms with Crippen LogP contribution in [0.5, 0.6) is 0 Å². The minimum Gasteiger partial charge on any atom is -0.478 e. The highest BCUT2D eigenvalue weighted by Crippen LogP contribution is 2.30. The topological polar surface area (TPSA) is 37.3 Å². The van der Waals surface area contributed by atoms with Crippen LogP contribution in [0.3, 0.4) is 0 Å². The third-order valence-corrected chi connectivity index (χ3v) is 3.54. The summed E-state index contributed by atoms with van der Waals surface area (Å²) >= 11 is 5.91. The molecule has 0 spiro atoms. The van der Waals surface area contributed by atoms with Gasteiger partial charge in [0.25, 0.3) is 0 Å². The summed E-state index contributed by atoms with van der Waals surface area (Å²) in [7, 11) is 0. The first kappa shape index (κ1) is 12.7. The second kappa shape index (κ2) is 4.99. The van der Waals surface area contributed by atoms with Crippen molar-refractivity contribution in [2.75, 3.05) is 0 Å². The number of rotatable bonds is 2. The lowest BCUT2D eigenvalue weighted by Gasteiger charge is -2.08. The maximum absolute atomic E-state index is 11.1. The van der Waals surface area contributed by atoms with Gasteiger partial charge >= 0.3 is 5.97 Å². The molecule has 1 N–H and O–H groups in total. The average molecular weight is 283 g/mol. The summed E-state index contributed by atoms with van der Waals surface area (Å²) in [5.41, 5.74) is 2.31. The fourth-order valence-electron chi connectivity index (χ4n) is 2.29. The van der Waals surface area contributed by atoms with Crippen molar-refractivity contribution < 1.29 is 9.90 Å². The van der Waals surface area contributed by atoms with Crippen molar-refractivity contribution in [1.82, 2.24) is 0 Å². The Morgan fingerprint density at radius 3 is 2.40 bits per heavy atom. The molecule has 3 aromatic rings. The normalized spacial score (nSPS) is 10.7. The lowest BCUT2D eigenvalue weighted by atomic mass is 9.97. The van der Waals surface area contributed by atoms with Crippen LogP contribution in [0.2, 0.25) is 5.02 Å². The van der Waals surface area contributed by atoms with E-state index in [0.717, 1.165) is 21.9 Å². The van der Waals surface area contributed by atoms with Crippen molar-refractivity contribution in [3.63, 3.8) is 0 Å². The number of aromatic carboxylic acids is 1. The summed E-state index contributed by atoms with van der Waals surface area (Å²) in [6.45, 7) is 0. The molecule has 0 aliphatic rings. The Hall–Kier alpha value is -2.32. The van der Waals surface area contributed by atoms with Crippen LogP contribution in [0.25, 0.3) is 21.9 Å². The molecule has 98 valence electrons. The number of halogens is 1. The molecule has 0 heterocycles. The molecule has 0 bridgehead atoms. The van der Waals surface area contributed by atoms with E-state index in [-0.39, 0.29) is 0 Å². The molecule has 0 amide bonds. The fraction of sp³-hybridized carbons (Fsp3) is 0. The molecule has 3 aromatic carbocycles. The van der Waals surface area contributed by atoms with Gasteiger partial charge in [-0.3, -0.25) is 0 Å². The van der Waals surface area contributed by atoms with Crippen LogP contribution in [-0.2, 0) is 0 Å². The zero-order valence-electron chi connectivity index (χ0n) is 10.5. The molecule has 0 aliphatic heterocycles. The van der Waals surface area contributed by atoms with E-state index < -0.39 is 5.97 Å². The Balaban J connectivity index is 2.26. The van der Waals surface area contributed by atoms with E-state index >= 15 is 0 Å². The van der Waals surface area contributed by atoms with Gasteiger partial charge in [0.05, 0.1) is 5.56 Å². The standard InChI is InChI=1S/C17H11ClO2/c18-14-8-6-12(7-9-14)15-3-1-2-11-4-5-13(17(19)20)10-16(11)15/h1-10H,(H,19,20). The maximum Gasteiger partial charge on any atom is 0.335 e. The van der Waals surface area contributed by atoms with E-state index in [0.29, 0.717) is 10.6 Å². The van der Waals surface area contributed by atoms with Crippen LogP contribution in [0.1, 0.15) is 10.4 Å². The molecular formula is C17H11ClO2. The van der Waals surface area contributed by atoms with Crippen molar-refractivity contribution in [3.05, 3.63) is 71.2 Å². The molecular weight excluding hydrogens is 272 g/mol. The van der Waals surface area contributed by atoms with Crippen LogP contribution in [0.15, 0.2) is 60.7 Å². The molecule has 0 fully saturated rings. The first-order valence-corrected chi connectivity index (χ1v) is 6.55. The SMILES string of the molecule is O=C(O)c1ccc2cccc(-c3ccc(Cl)cc3)c2c1. The molecule has 0 saturated heterocycles. The molecule has 0 atom stereocenters. The lowest BCUT2D eigenvalue weighted by molar-refractivity contribution is 0.0697. The second-order valence-electron chi connectivity index (χ2n) is 4.55. The summed E-state index contributed by atoms with van der Waals surface area (Å²) in [4.78, 5) is 11.1. The van der Waals surface area contributed by atoms with Crippen LogP contribution in [0, 0.1) is 0 Å². The fourth-order valence-corrected chi connectivity index (χ4v) is 2.41. The van der Waals surface area contributed by atoms with Crippen LogP contribution < -0.4 is 0 Å². The Bertz CT molecular complexity index is 792. The molecule has 20 heavy (non-hydrogen) atoms. The predicted molar refractivity (Wildman–Crippen MR) is 81.4 cm³/mol. The van der Waals surface area contributed by atoms with Crippen molar-refractivity contribution in [2.24, 2.45) is 0 Å². The van der Waals surface area contributed by atoms with Gasteiger partial charge in [0, 0.05) is 5.02 Å². The second-order valence-corrected chi connectivity index (χ2v) is 4.99. The summed E-state index contributed by atoms with van der Waals surface area (Å²) in [6, 6.07) is 18.6. The Morgan fingerprint density at radius 1 is 0.950 bits per heavy atom. The molecule has 2 nitrogen and oxygen atoms in total. The number of carbonyl (C=O) groups is 1. The van der Waals surface area contributed by atoms with Gasteiger partial charge in [-0.1, -0.05) is 48.0 Å². The molecule has 3 rings (SSSR count). The quantitative estimate of drug-likeness (QED) is 0.729. The number of carboxylic acid groups (broad SMARTS) is 1. The van der Waals surface area contributed by atoms with Crippen molar-refractivity contribution in [1.29, 1.82) is 0 Å². The Morgan fingerprint density at radius 2 is 1.70 bits per heavy atom. The third kappa shape index (κ3) is 2.26. The van der Waals surface area contributed by atoms with Gasteiger partial charge in [-0.05, 0) is 46.2 Å². The van der Waals surface area contributed by atoms with E-state index in [2.05, 4.69) is 0 Å². The van der Waals surface area contributed by atoms with Gasteiger partial charge < -0.3 is 5.11 Å². The zero-order chi connectivity index (χ0) is 14.1. The largest absolute Gasteiger partial charge is 0.478 e. The van der Waals surface area contributed by atoms with Gasteiger partial charge in [0.15, 0.2) is 0 Å². The summed E-state index contributed by atoms with van der Waals surface area (Å²) in [5.74, 6) is -0.919. The smallest absolute Gasteiger partial charge is 0.335 e. The Kier molecular flexibility index (Phi) is 3.17. The third-order valence-electron chi connectivity index (χ3n) is 3.28. The highest BCUT2D eigenvalue weighted by atomic mass is 35.5. The van der Waals surface area contributed by atoms with Gasteiger partial charge in [0.2, 0.25) is 0 Å². The molecule has 3 heteroatoms. The highest BCUT2D eigenvalue weighted by molar-refractivity contribution is 6.30. The van der Waals surface area contributed by atoms with Gasteiger partial charge in [-0.2, -0.15) is 0 Å². The Labute approximate surface area is 121 Å². The molecule has 0 unspecified atom stereocenters. The molecule has 0 saturated carbocycles. The zero-order valence-corrected chi connectivity index (χ0v) is 11.3. The predicted octanol–water partition coefficient (Wildman–Crippen LogP) is 4.86. The highest BCUT2D eigenvalue weighted by Gasteiger charge is 2.08. The number of benzene rings is 3. The minimum absolute atomic E-state index is 0.291. The van der Waals surface area contributed by atoms with E-state index in [1.54, 1.807) is 12.1 Å².